The van der Waals surface area contributed by atoms with Gasteiger partial charge in [-0.1, -0.05) is 0 Å². The van der Waals surface area contributed by atoms with Gasteiger partial charge in [0.2, 0.25) is 0 Å². The number of nitriles is 1. The van der Waals surface area contributed by atoms with E-state index in [9.17, 15) is 9.59 Å². The average molecular weight is 278 g/mol. The Labute approximate surface area is 115 Å². The van der Waals surface area contributed by atoms with Gasteiger partial charge in [0.25, 0.3) is 5.91 Å². The minimum Gasteiger partial charge on any atom is -0.480 e. The second-order valence-electron chi connectivity index (χ2n) is 3.83. The van der Waals surface area contributed by atoms with Crippen molar-refractivity contribution in [2.45, 2.75) is 12.5 Å². The summed E-state index contributed by atoms with van der Waals surface area (Å²) in [7, 11) is 0. The van der Waals surface area contributed by atoms with Gasteiger partial charge in [-0.15, -0.1) is 0 Å². The standard InChI is InChI=1S/C13H14N2O3S/c1-19-7-6-11(13(17)18)15-12(16)10-4-2-9(8-14)3-5-10/h2-5,11H,6-7H2,1H3,(H,15,16)(H,17,18)/t11-/m0/s1. The van der Waals surface area contributed by atoms with Gasteiger partial charge in [0, 0.05) is 5.56 Å². The molecule has 1 rings (SSSR count). The Balaban J connectivity index is 2.70. The van der Waals surface area contributed by atoms with Crippen LogP contribution in [0.2, 0.25) is 0 Å². The predicted molar refractivity (Wildman–Crippen MR) is 73.0 cm³/mol. The molecule has 0 aromatic heterocycles. The summed E-state index contributed by atoms with van der Waals surface area (Å²) in [5, 5.41) is 20.1. The summed E-state index contributed by atoms with van der Waals surface area (Å²) in [6, 6.07) is 7.10. The first-order valence-electron chi connectivity index (χ1n) is 5.61. The Morgan fingerprint density at radius 2 is 2.05 bits per heavy atom. The lowest BCUT2D eigenvalue weighted by atomic mass is 10.1. The van der Waals surface area contributed by atoms with Gasteiger partial charge >= 0.3 is 5.97 Å². The van der Waals surface area contributed by atoms with Crippen LogP contribution >= 0.6 is 11.8 Å². The molecule has 0 aliphatic rings. The normalized spacial score (nSPS) is 11.4. The molecule has 100 valence electrons. The molecule has 0 radical (unpaired) electrons. The molecule has 0 spiro atoms. The van der Waals surface area contributed by atoms with Gasteiger partial charge < -0.3 is 10.4 Å². The fourth-order valence-electron chi connectivity index (χ4n) is 1.43. The molecule has 5 nitrogen and oxygen atoms in total. The van der Waals surface area contributed by atoms with Crippen molar-refractivity contribution in [3.63, 3.8) is 0 Å². The minimum atomic E-state index is -1.05. The molecular weight excluding hydrogens is 264 g/mol. The van der Waals surface area contributed by atoms with Gasteiger partial charge in [0.15, 0.2) is 0 Å². The molecule has 2 N–H and O–H groups in total. The fraction of sp³-hybridized carbons (Fsp3) is 0.308. The van der Waals surface area contributed by atoms with E-state index in [1.807, 2.05) is 12.3 Å². The number of thioether (sulfide) groups is 1. The molecular formula is C13H14N2O3S. The van der Waals surface area contributed by atoms with Gasteiger partial charge in [-0.25, -0.2) is 4.79 Å². The zero-order valence-electron chi connectivity index (χ0n) is 10.4. The second-order valence-corrected chi connectivity index (χ2v) is 4.82. The fourth-order valence-corrected chi connectivity index (χ4v) is 1.90. The third-order valence-corrected chi connectivity index (χ3v) is 3.13. The van der Waals surface area contributed by atoms with Crippen molar-refractivity contribution in [1.29, 1.82) is 5.26 Å². The van der Waals surface area contributed by atoms with Crippen molar-refractivity contribution in [2.75, 3.05) is 12.0 Å². The highest BCUT2D eigenvalue weighted by Gasteiger charge is 2.19. The molecule has 0 heterocycles. The lowest BCUT2D eigenvalue weighted by Gasteiger charge is -2.13. The molecule has 0 bridgehead atoms. The van der Waals surface area contributed by atoms with E-state index in [2.05, 4.69) is 5.32 Å². The van der Waals surface area contributed by atoms with Gasteiger partial charge in [0.05, 0.1) is 11.6 Å². The Bertz CT molecular complexity index is 494. The molecule has 0 saturated carbocycles. The Morgan fingerprint density at radius 1 is 1.42 bits per heavy atom. The Kier molecular flexibility index (Phi) is 5.90. The number of rotatable bonds is 6. The highest BCUT2D eigenvalue weighted by Crippen LogP contribution is 2.06. The zero-order chi connectivity index (χ0) is 14.3. The van der Waals surface area contributed by atoms with Crippen molar-refractivity contribution < 1.29 is 14.7 Å². The molecule has 0 aliphatic carbocycles. The monoisotopic (exact) mass is 278 g/mol. The number of carboxylic acids is 1. The summed E-state index contributed by atoms with van der Waals surface area (Å²) in [5.41, 5.74) is 0.795. The SMILES string of the molecule is CSCC[C@H](NC(=O)c1ccc(C#N)cc1)C(=O)O. The number of carboxylic acid groups (broad SMARTS) is 1. The summed E-state index contributed by atoms with van der Waals surface area (Å²) in [6.45, 7) is 0. The van der Waals surface area contributed by atoms with Gasteiger partial charge in [-0.3, -0.25) is 4.79 Å². The van der Waals surface area contributed by atoms with Crippen LogP contribution in [-0.4, -0.2) is 35.0 Å². The lowest BCUT2D eigenvalue weighted by Crippen LogP contribution is -2.41. The van der Waals surface area contributed by atoms with Crippen LogP contribution in [0.5, 0.6) is 0 Å². The Morgan fingerprint density at radius 3 is 2.53 bits per heavy atom. The maximum absolute atomic E-state index is 11.9. The van der Waals surface area contributed by atoms with Crippen LogP contribution in [0.1, 0.15) is 22.3 Å². The van der Waals surface area contributed by atoms with Crippen LogP contribution in [0.15, 0.2) is 24.3 Å². The van der Waals surface area contributed by atoms with Gasteiger partial charge in [0.1, 0.15) is 6.04 Å². The van der Waals surface area contributed by atoms with E-state index in [0.717, 1.165) is 0 Å². The smallest absolute Gasteiger partial charge is 0.326 e. The van der Waals surface area contributed by atoms with Gasteiger partial charge in [-0.2, -0.15) is 17.0 Å². The molecule has 0 saturated heterocycles. The molecule has 6 heteroatoms. The molecule has 19 heavy (non-hydrogen) atoms. The van der Waals surface area contributed by atoms with E-state index in [1.165, 1.54) is 36.0 Å². The van der Waals surface area contributed by atoms with E-state index in [0.29, 0.717) is 23.3 Å². The quantitative estimate of drug-likeness (QED) is 0.823. The molecule has 0 aliphatic heterocycles. The van der Waals surface area contributed by atoms with E-state index >= 15 is 0 Å². The topological polar surface area (TPSA) is 90.2 Å². The number of carbonyl (C=O) groups excluding carboxylic acids is 1. The van der Waals surface area contributed by atoms with Crippen LogP contribution in [-0.2, 0) is 4.79 Å². The third kappa shape index (κ3) is 4.64. The number of nitrogens with zero attached hydrogens (tertiary/aromatic N) is 1. The molecule has 1 aromatic carbocycles. The van der Waals surface area contributed by atoms with Crippen molar-refractivity contribution >= 4 is 23.6 Å². The summed E-state index contributed by atoms with van der Waals surface area (Å²) >= 11 is 1.52. The first kappa shape index (κ1) is 15.1. The van der Waals surface area contributed by atoms with E-state index in [1.54, 1.807) is 0 Å². The van der Waals surface area contributed by atoms with E-state index in [4.69, 9.17) is 10.4 Å². The molecule has 1 amide bonds. The first-order chi connectivity index (χ1) is 9.08. The van der Waals surface area contributed by atoms with Crippen molar-refractivity contribution in [3.8, 4) is 6.07 Å². The molecule has 1 atom stereocenters. The summed E-state index contributed by atoms with van der Waals surface area (Å²) < 4.78 is 0. The van der Waals surface area contributed by atoms with Crippen molar-refractivity contribution in [3.05, 3.63) is 35.4 Å². The third-order valence-electron chi connectivity index (χ3n) is 2.49. The largest absolute Gasteiger partial charge is 0.480 e. The van der Waals surface area contributed by atoms with Crippen LogP contribution in [0.4, 0.5) is 0 Å². The van der Waals surface area contributed by atoms with Crippen molar-refractivity contribution in [2.24, 2.45) is 0 Å². The number of benzene rings is 1. The van der Waals surface area contributed by atoms with Crippen molar-refractivity contribution in [1.82, 2.24) is 5.32 Å². The van der Waals surface area contributed by atoms with Crippen LogP contribution in [0, 0.1) is 11.3 Å². The summed E-state index contributed by atoms with van der Waals surface area (Å²) in [4.78, 5) is 22.9. The number of nitrogens with one attached hydrogen (secondary N) is 1. The molecule has 0 unspecified atom stereocenters. The van der Waals surface area contributed by atoms with Crippen LogP contribution in [0.3, 0.4) is 0 Å². The zero-order valence-corrected chi connectivity index (χ0v) is 11.2. The maximum Gasteiger partial charge on any atom is 0.326 e. The number of carbonyl (C=O) groups is 2. The minimum absolute atomic E-state index is 0.342. The molecule has 1 aromatic rings. The lowest BCUT2D eigenvalue weighted by molar-refractivity contribution is -0.139. The highest BCUT2D eigenvalue weighted by molar-refractivity contribution is 7.98. The second kappa shape index (κ2) is 7.44. The number of amides is 1. The average Bonchev–Trinajstić information content (AvgIpc) is 2.43. The summed E-state index contributed by atoms with van der Waals surface area (Å²) in [5.74, 6) is -0.834. The van der Waals surface area contributed by atoms with E-state index in [-0.39, 0.29) is 0 Å². The number of aliphatic carboxylic acids is 1. The van der Waals surface area contributed by atoms with E-state index < -0.39 is 17.9 Å². The van der Waals surface area contributed by atoms with Crippen LogP contribution in [0.25, 0.3) is 0 Å². The predicted octanol–water partition coefficient (Wildman–Crippen LogP) is 1.49. The van der Waals surface area contributed by atoms with Crippen LogP contribution < -0.4 is 5.32 Å². The first-order valence-corrected chi connectivity index (χ1v) is 7.00. The maximum atomic E-state index is 11.9. The Hall–Kier alpha value is -2.00. The highest BCUT2D eigenvalue weighted by atomic mass is 32.2. The van der Waals surface area contributed by atoms with Gasteiger partial charge in [-0.05, 0) is 42.7 Å². The number of hydrogen-bond acceptors (Lipinski definition) is 4. The number of hydrogen-bond donors (Lipinski definition) is 2. The summed E-state index contributed by atoms with van der Waals surface area (Å²) in [6.07, 6.45) is 2.25. The molecule has 0 fully saturated rings.